The molecule has 0 fully saturated rings. The Hall–Kier alpha value is -1.24. The molecule has 2 aromatic rings. The second-order valence-electron chi connectivity index (χ2n) is 6.49. The molecule has 0 aliphatic rings. The lowest BCUT2D eigenvalue weighted by Gasteiger charge is -2.26. The zero-order valence-electron chi connectivity index (χ0n) is 12.9. The van der Waals surface area contributed by atoms with Crippen molar-refractivity contribution < 1.29 is 4.42 Å². The number of hydrogen-bond acceptors (Lipinski definition) is 1. The first-order valence-electron chi connectivity index (χ1n) is 6.66. The summed E-state index contributed by atoms with van der Waals surface area (Å²) in [6, 6.07) is 0. The van der Waals surface area contributed by atoms with Crippen molar-refractivity contribution >= 4 is 11.0 Å². The van der Waals surface area contributed by atoms with Crippen LogP contribution in [0.15, 0.2) is 4.42 Å². The Balaban J connectivity index is 3.03. The second kappa shape index (κ2) is 3.88. The SMILES string of the molecule is Cc1oc2c(C)c(C)c(C(C)(C)C)c(C)c2c1C. The van der Waals surface area contributed by atoms with Gasteiger partial charge in [0, 0.05) is 5.39 Å². The standard InChI is InChI=1S/C17H24O/c1-9-10(2)16-14(11(3)13(5)18-16)12(4)15(9)17(6,7)8/h1-8H3. The van der Waals surface area contributed by atoms with Crippen LogP contribution in [0.3, 0.4) is 0 Å². The first-order chi connectivity index (χ1) is 8.16. The van der Waals surface area contributed by atoms with Crippen LogP contribution in [0.4, 0.5) is 0 Å². The predicted molar refractivity (Wildman–Crippen MR) is 78.6 cm³/mol. The van der Waals surface area contributed by atoms with Crippen LogP contribution in [0.1, 0.15) is 54.3 Å². The summed E-state index contributed by atoms with van der Waals surface area (Å²) in [4.78, 5) is 0. The van der Waals surface area contributed by atoms with Crippen molar-refractivity contribution in [3.63, 3.8) is 0 Å². The number of aryl methyl sites for hydroxylation is 4. The molecule has 2 rings (SSSR count). The van der Waals surface area contributed by atoms with E-state index in [4.69, 9.17) is 4.42 Å². The van der Waals surface area contributed by atoms with Crippen LogP contribution in [0.25, 0.3) is 11.0 Å². The summed E-state index contributed by atoms with van der Waals surface area (Å²) in [5.74, 6) is 1.04. The van der Waals surface area contributed by atoms with Gasteiger partial charge in [0.15, 0.2) is 0 Å². The van der Waals surface area contributed by atoms with Crippen LogP contribution in [0.2, 0.25) is 0 Å². The molecular weight excluding hydrogens is 220 g/mol. The third kappa shape index (κ3) is 1.68. The normalized spacial score (nSPS) is 12.4. The number of benzene rings is 1. The van der Waals surface area contributed by atoms with Crippen LogP contribution in [0, 0.1) is 34.6 Å². The molecular formula is C17H24O. The van der Waals surface area contributed by atoms with Gasteiger partial charge in [0.1, 0.15) is 11.3 Å². The largest absolute Gasteiger partial charge is 0.461 e. The first-order valence-corrected chi connectivity index (χ1v) is 6.66. The van der Waals surface area contributed by atoms with Crippen LogP contribution in [-0.4, -0.2) is 0 Å². The zero-order valence-corrected chi connectivity index (χ0v) is 12.9. The minimum absolute atomic E-state index is 0.171. The molecule has 0 saturated heterocycles. The third-order valence-corrected chi connectivity index (χ3v) is 4.16. The highest BCUT2D eigenvalue weighted by atomic mass is 16.3. The van der Waals surface area contributed by atoms with Gasteiger partial charge in [-0.25, -0.2) is 0 Å². The molecule has 1 nitrogen and oxygen atoms in total. The lowest BCUT2D eigenvalue weighted by molar-refractivity contribution is 0.567. The van der Waals surface area contributed by atoms with Gasteiger partial charge < -0.3 is 4.42 Å². The molecule has 1 aromatic carbocycles. The molecule has 0 unspecified atom stereocenters. The molecule has 1 heteroatoms. The smallest absolute Gasteiger partial charge is 0.137 e. The fraction of sp³-hybridized carbons (Fsp3) is 0.529. The summed E-state index contributed by atoms with van der Waals surface area (Å²) in [7, 11) is 0. The monoisotopic (exact) mass is 244 g/mol. The highest BCUT2D eigenvalue weighted by Crippen LogP contribution is 2.39. The van der Waals surface area contributed by atoms with Gasteiger partial charge in [-0.2, -0.15) is 0 Å². The van der Waals surface area contributed by atoms with Crippen LogP contribution in [-0.2, 0) is 5.41 Å². The lowest BCUT2D eigenvalue weighted by atomic mass is 9.78. The molecule has 0 N–H and O–H groups in total. The van der Waals surface area contributed by atoms with E-state index >= 15 is 0 Å². The molecule has 0 aliphatic carbocycles. The molecule has 0 spiro atoms. The molecule has 1 heterocycles. The highest BCUT2D eigenvalue weighted by molar-refractivity contribution is 5.90. The van der Waals surface area contributed by atoms with E-state index in [2.05, 4.69) is 55.4 Å². The third-order valence-electron chi connectivity index (χ3n) is 4.16. The minimum atomic E-state index is 0.171. The number of furan rings is 1. The molecule has 0 aliphatic heterocycles. The van der Waals surface area contributed by atoms with Gasteiger partial charge in [-0.15, -0.1) is 0 Å². The Labute approximate surface area is 110 Å². The summed E-state index contributed by atoms with van der Waals surface area (Å²) in [6.45, 7) is 17.7. The molecule has 0 saturated carbocycles. The first kappa shape index (κ1) is 13.2. The predicted octanol–water partition coefficient (Wildman–Crippen LogP) is 5.27. The maximum atomic E-state index is 5.96. The minimum Gasteiger partial charge on any atom is -0.461 e. The summed E-state index contributed by atoms with van der Waals surface area (Å²) < 4.78 is 5.96. The van der Waals surface area contributed by atoms with Crippen molar-refractivity contribution in [3.8, 4) is 0 Å². The maximum absolute atomic E-state index is 5.96. The van der Waals surface area contributed by atoms with Gasteiger partial charge in [0.05, 0.1) is 0 Å². The van der Waals surface area contributed by atoms with E-state index in [1.54, 1.807) is 0 Å². The molecule has 98 valence electrons. The van der Waals surface area contributed by atoms with Crippen molar-refractivity contribution in [2.24, 2.45) is 0 Å². The number of rotatable bonds is 0. The van der Waals surface area contributed by atoms with Crippen LogP contribution in [0.5, 0.6) is 0 Å². The van der Waals surface area contributed by atoms with Crippen molar-refractivity contribution in [1.29, 1.82) is 0 Å². The Morgan fingerprint density at radius 3 is 1.78 bits per heavy atom. The van der Waals surface area contributed by atoms with E-state index in [1.165, 1.54) is 33.2 Å². The van der Waals surface area contributed by atoms with Crippen LogP contribution < -0.4 is 0 Å². The number of fused-ring (bicyclic) bond motifs is 1. The molecule has 0 amide bonds. The summed E-state index contributed by atoms with van der Waals surface area (Å²) in [6.07, 6.45) is 0. The Bertz CT molecular complexity index is 622. The van der Waals surface area contributed by atoms with E-state index in [1.807, 2.05) is 0 Å². The molecule has 1 aromatic heterocycles. The van der Waals surface area contributed by atoms with Gasteiger partial charge in [-0.05, 0) is 67.9 Å². The van der Waals surface area contributed by atoms with Crippen molar-refractivity contribution in [2.45, 2.75) is 60.8 Å². The molecule has 0 bridgehead atoms. The fourth-order valence-electron chi connectivity index (χ4n) is 3.23. The van der Waals surface area contributed by atoms with Crippen molar-refractivity contribution in [3.05, 3.63) is 33.6 Å². The van der Waals surface area contributed by atoms with Crippen LogP contribution >= 0.6 is 0 Å². The van der Waals surface area contributed by atoms with Gasteiger partial charge in [-0.3, -0.25) is 0 Å². The van der Waals surface area contributed by atoms with E-state index in [0.29, 0.717) is 0 Å². The Kier molecular flexibility index (Phi) is 2.84. The second-order valence-corrected chi connectivity index (χ2v) is 6.49. The van der Waals surface area contributed by atoms with E-state index < -0.39 is 0 Å². The van der Waals surface area contributed by atoms with Crippen molar-refractivity contribution in [2.75, 3.05) is 0 Å². The molecule has 0 radical (unpaired) electrons. The van der Waals surface area contributed by atoms with E-state index in [0.717, 1.165) is 11.3 Å². The summed E-state index contributed by atoms with van der Waals surface area (Å²) in [5.41, 5.74) is 8.05. The van der Waals surface area contributed by atoms with Crippen molar-refractivity contribution in [1.82, 2.24) is 0 Å². The number of hydrogen-bond donors (Lipinski definition) is 0. The molecule has 0 atom stereocenters. The molecule has 18 heavy (non-hydrogen) atoms. The highest BCUT2D eigenvalue weighted by Gasteiger charge is 2.25. The summed E-state index contributed by atoms with van der Waals surface area (Å²) in [5, 5.41) is 1.32. The average Bonchev–Trinajstić information content (AvgIpc) is 2.51. The maximum Gasteiger partial charge on any atom is 0.137 e. The lowest BCUT2D eigenvalue weighted by Crippen LogP contribution is -2.16. The average molecular weight is 244 g/mol. The van der Waals surface area contributed by atoms with Gasteiger partial charge in [-0.1, -0.05) is 20.8 Å². The Morgan fingerprint density at radius 2 is 1.28 bits per heavy atom. The van der Waals surface area contributed by atoms with E-state index in [9.17, 15) is 0 Å². The summed E-state index contributed by atoms with van der Waals surface area (Å²) >= 11 is 0. The fourth-order valence-corrected chi connectivity index (χ4v) is 3.23. The van der Waals surface area contributed by atoms with Gasteiger partial charge in [0.2, 0.25) is 0 Å². The van der Waals surface area contributed by atoms with E-state index in [-0.39, 0.29) is 5.41 Å². The Morgan fingerprint density at radius 1 is 0.722 bits per heavy atom. The quantitative estimate of drug-likeness (QED) is 0.615. The zero-order chi connectivity index (χ0) is 13.8. The van der Waals surface area contributed by atoms with Gasteiger partial charge in [0.25, 0.3) is 0 Å². The van der Waals surface area contributed by atoms with Gasteiger partial charge >= 0.3 is 0 Å². The topological polar surface area (TPSA) is 13.1 Å².